The largest absolute Gasteiger partial charge is 0.342 e. The fraction of sp³-hybridized carbons (Fsp3) is 0.500. The highest BCUT2D eigenvalue weighted by atomic mass is 32.1. The van der Waals surface area contributed by atoms with Crippen molar-refractivity contribution in [2.45, 2.75) is 33.1 Å². The third kappa shape index (κ3) is 5.66. The number of hydrogen-bond donors (Lipinski definition) is 3. The highest BCUT2D eigenvalue weighted by Gasteiger charge is 2.29. The number of nitrogens with one attached hydrogen (secondary N) is 3. The number of nitrogens with zero attached hydrogens (tertiary/aromatic N) is 1. The number of halogens is 1. The molecule has 0 unspecified atom stereocenters. The van der Waals surface area contributed by atoms with Crippen molar-refractivity contribution in [1.29, 1.82) is 0 Å². The third-order valence-electron chi connectivity index (χ3n) is 4.54. The number of piperidine rings is 1. The Balaban J connectivity index is 1.80. The van der Waals surface area contributed by atoms with Gasteiger partial charge in [0.2, 0.25) is 11.8 Å². The first-order valence-electron chi connectivity index (χ1n) is 8.82. The van der Waals surface area contributed by atoms with Gasteiger partial charge in [-0.15, -0.1) is 0 Å². The van der Waals surface area contributed by atoms with Gasteiger partial charge in [-0.25, -0.2) is 4.39 Å². The average Bonchev–Trinajstić information content (AvgIpc) is 2.66. The molecule has 0 spiro atoms. The molecule has 0 saturated carbocycles. The Kier molecular flexibility index (Phi) is 7.32. The molecule has 0 aliphatic carbocycles. The molecule has 1 aliphatic heterocycles. The van der Waals surface area contributed by atoms with Gasteiger partial charge in [0, 0.05) is 24.7 Å². The van der Waals surface area contributed by atoms with Gasteiger partial charge in [-0.2, -0.15) is 0 Å². The summed E-state index contributed by atoms with van der Waals surface area (Å²) in [6, 6.07) is 5.72. The van der Waals surface area contributed by atoms with Crippen LogP contribution in [-0.4, -0.2) is 34.9 Å². The lowest BCUT2D eigenvalue weighted by atomic mass is 9.96. The molecule has 1 aromatic carbocycles. The first kappa shape index (κ1) is 20.1. The maximum absolute atomic E-state index is 12.9. The Morgan fingerprint density at radius 1 is 1.31 bits per heavy atom. The van der Waals surface area contributed by atoms with Crippen LogP contribution in [0.5, 0.6) is 0 Å². The van der Waals surface area contributed by atoms with E-state index in [0.717, 1.165) is 19.3 Å². The summed E-state index contributed by atoms with van der Waals surface area (Å²) in [7, 11) is 0. The van der Waals surface area contributed by atoms with Crippen molar-refractivity contribution < 1.29 is 14.0 Å². The summed E-state index contributed by atoms with van der Waals surface area (Å²) in [5, 5.41) is 3.05. The molecule has 1 fully saturated rings. The SMILES string of the molecule is CC[C@@H](C)C(=O)N1CCC[C@@H](C(=O)NNC(=S)Nc2ccc(F)cc2)C1. The van der Waals surface area contributed by atoms with Gasteiger partial charge in [0.05, 0.1) is 5.92 Å². The van der Waals surface area contributed by atoms with Crippen LogP contribution in [0.1, 0.15) is 33.1 Å². The van der Waals surface area contributed by atoms with Gasteiger partial charge >= 0.3 is 0 Å². The van der Waals surface area contributed by atoms with Crippen molar-refractivity contribution in [2.24, 2.45) is 11.8 Å². The van der Waals surface area contributed by atoms with Crippen molar-refractivity contribution in [1.82, 2.24) is 15.8 Å². The number of benzene rings is 1. The first-order chi connectivity index (χ1) is 12.4. The summed E-state index contributed by atoms with van der Waals surface area (Å²) in [6.07, 6.45) is 2.32. The van der Waals surface area contributed by atoms with E-state index in [4.69, 9.17) is 12.2 Å². The summed E-state index contributed by atoms with van der Waals surface area (Å²) < 4.78 is 12.9. The van der Waals surface area contributed by atoms with Crippen LogP contribution in [0.2, 0.25) is 0 Å². The fourth-order valence-corrected chi connectivity index (χ4v) is 2.96. The number of rotatable bonds is 4. The van der Waals surface area contributed by atoms with Gasteiger partial charge in [-0.3, -0.25) is 20.4 Å². The van der Waals surface area contributed by atoms with Crippen LogP contribution in [0, 0.1) is 17.7 Å². The minimum Gasteiger partial charge on any atom is -0.342 e. The molecule has 1 aliphatic rings. The number of amides is 2. The number of hydrogen-bond acceptors (Lipinski definition) is 3. The topological polar surface area (TPSA) is 73.5 Å². The van der Waals surface area contributed by atoms with Crippen molar-refractivity contribution >= 4 is 34.8 Å². The Bertz CT molecular complexity index is 653. The van der Waals surface area contributed by atoms with Crippen LogP contribution in [-0.2, 0) is 9.59 Å². The van der Waals surface area contributed by atoms with Crippen LogP contribution >= 0.6 is 12.2 Å². The van der Waals surface area contributed by atoms with Crippen molar-refractivity contribution in [2.75, 3.05) is 18.4 Å². The number of carbonyl (C=O) groups excluding carboxylic acids is 2. The molecule has 142 valence electrons. The smallest absolute Gasteiger partial charge is 0.243 e. The maximum atomic E-state index is 12.9. The van der Waals surface area contributed by atoms with E-state index >= 15 is 0 Å². The van der Waals surface area contributed by atoms with Gasteiger partial charge < -0.3 is 10.2 Å². The summed E-state index contributed by atoms with van der Waals surface area (Å²) >= 11 is 5.11. The summed E-state index contributed by atoms with van der Waals surface area (Å²) in [5.41, 5.74) is 5.84. The van der Waals surface area contributed by atoms with Crippen molar-refractivity contribution in [3.63, 3.8) is 0 Å². The Hall–Kier alpha value is -2.22. The highest BCUT2D eigenvalue weighted by molar-refractivity contribution is 7.80. The number of carbonyl (C=O) groups is 2. The molecule has 26 heavy (non-hydrogen) atoms. The Morgan fingerprint density at radius 2 is 2.00 bits per heavy atom. The standard InChI is InChI=1S/C18H25FN4O2S/c1-3-12(2)17(25)23-10-4-5-13(11-23)16(24)21-22-18(26)20-15-8-6-14(19)7-9-15/h6-9,12-13H,3-5,10-11H2,1-2H3,(H,21,24)(H2,20,22,26)/t12-,13-/m1/s1. The lowest BCUT2D eigenvalue weighted by Crippen LogP contribution is -2.51. The molecule has 2 atom stereocenters. The molecule has 8 heteroatoms. The second-order valence-electron chi connectivity index (χ2n) is 6.51. The lowest BCUT2D eigenvalue weighted by molar-refractivity contribution is -0.139. The molecule has 0 radical (unpaired) electrons. The summed E-state index contributed by atoms with van der Waals surface area (Å²) in [4.78, 5) is 26.4. The number of hydrazine groups is 1. The van der Waals surface area contributed by atoms with E-state index in [1.807, 2.05) is 13.8 Å². The quantitative estimate of drug-likeness (QED) is 0.553. The Labute approximate surface area is 158 Å². The van der Waals surface area contributed by atoms with Crippen LogP contribution in [0.4, 0.5) is 10.1 Å². The lowest BCUT2D eigenvalue weighted by Gasteiger charge is -2.33. The molecular weight excluding hydrogens is 355 g/mol. The van der Waals surface area contributed by atoms with Gasteiger partial charge in [-0.1, -0.05) is 13.8 Å². The Morgan fingerprint density at radius 3 is 2.65 bits per heavy atom. The first-order valence-corrected chi connectivity index (χ1v) is 9.22. The zero-order valence-corrected chi connectivity index (χ0v) is 15.9. The molecule has 3 N–H and O–H groups in total. The van der Waals surface area contributed by atoms with Gasteiger partial charge in [0.25, 0.3) is 0 Å². The van der Waals surface area contributed by atoms with E-state index in [1.165, 1.54) is 12.1 Å². The average molecular weight is 380 g/mol. The zero-order chi connectivity index (χ0) is 19.1. The third-order valence-corrected chi connectivity index (χ3v) is 4.74. The minimum absolute atomic E-state index is 0.0255. The molecule has 1 aromatic rings. The van der Waals surface area contributed by atoms with Crippen LogP contribution in [0.15, 0.2) is 24.3 Å². The van der Waals surface area contributed by atoms with Crippen LogP contribution in [0.25, 0.3) is 0 Å². The number of anilines is 1. The second kappa shape index (κ2) is 9.47. The minimum atomic E-state index is -0.337. The molecule has 0 aromatic heterocycles. The monoisotopic (exact) mass is 380 g/mol. The molecule has 1 saturated heterocycles. The van der Waals surface area contributed by atoms with E-state index < -0.39 is 0 Å². The van der Waals surface area contributed by atoms with E-state index in [9.17, 15) is 14.0 Å². The van der Waals surface area contributed by atoms with E-state index in [0.29, 0.717) is 18.8 Å². The van der Waals surface area contributed by atoms with Gasteiger partial charge in [0.15, 0.2) is 5.11 Å². The molecular formula is C18H25FN4O2S. The predicted octanol–water partition coefficient (Wildman–Crippen LogP) is 2.43. The van der Waals surface area contributed by atoms with E-state index in [2.05, 4.69) is 16.2 Å². The normalized spacial score (nSPS) is 18.0. The zero-order valence-electron chi connectivity index (χ0n) is 15.0. The molecule has 2 amide bonds. The van der Waals surface area contributed by atoms with E-state index in [1.54, 1.807) is 17.0 Å². The number of likely N-dealkylation sites (tertiary alicyclic amines) is 1. The predicted molar refractivity (Wildman–Crippen MR) is 103 cm³/mol. The van der Waals surface area contributed by atoms with Gasteiger partial charge in [0.1, 0.15) is 5.82 Å². The van der Waals surface area contributed by atoms with Gasteiger partial charge in [-0.05, 0) is 55.7 Å². The number of thiocarbonyl (C=S) groups is 1. The van der Waals surface area contributed by atoms with E-state index in [-0.39, 0.29) is 34.6 Å². The maximum Gasteiger partial charge on any atom is 0.243 e. The van der Waals surface area contributed by atoms with Crippen LogP contribution in [0.3, 0.4) is 0 Å². The van der Waals surface area contributed by atoms with Crippen LogP contribution < -0.4 is 16.2 Å². The van der Waals surface area contributed by atoms with Crippen molar-refractivity contribution in [3.05, 3.63) is 30.1 Å². The highest BCUT2D eigenvalue weighted by Crippen LogP contribution is 2.19. The second-order valence-corrected chi connectivity index (χ2v) is 6.92. The fourth-order valence-electron chi connectivity index (χ4n) is 2.79. The summed E-state index contributed by atoms with van der Waals surface area (Å²) in [5.74, 6) is -0.724. The van der Waals surface area contributed by atoms with Crippen molar-refractivity contribution in [3.8, 4) is 0 Å². The molecule has 6 nitrogen and oxygen atoms in total. The molecule has 0 bridgehead atoms. The summed E-state index contributed by atoms with van der Waals surface area (Å²) in [6.45, 7) is 5.02. The molecule has 1 heterocycles. The molecule has 2 rings (SSSR count).